The van der Waals surface area contributed by atoms with Gasteiger partial charge in [0.1, 0.15) is 5.52 Å². The summed E-state index contributed by atoms with van der Waals surface area (Å²) in [6.45, 7) is 1.89. The lowest BCUT2D eigenvalue weighted by atomic mass is 10.1. The molecule has 2 aromatic rings. The highest BCUT2D eigenvalue weighted by molar-refractivity contribution is 6.31. The number of carbonyl (C=O) groups is 1. The maximum Gasteiger partial charge on any atom is 0.152 e. The van der Waals surface area contributed by atoms with Crippen LogP contribution < -0.4 is 0 Å². The van der Waals surface area contributed by atoms with Crippen LogP contribution >= 0.6 is 11.6 Å². The first-order valence-corrected chi connectivity index (χ1v) is 4.19. The Hall–Kier alpha value is -1.35. The van der Waals surface area contributed by atoms with Crippen molar-refractivity contribution >= 4 is 28.8 Å². The number of benzene rings is 1. The van der Waals surface area contributed by atoms with E-state index in [1.807, 2.05) is 6.92 Å². The zero-order valence-corrected chi connectivity index (χ0v) is 7.72. The van der Waals surface area contributed by atoms with E-state index < -0.39 is 0 Å². The summed E-state index contributed by atoms with van der Waals surface area (Å²) < 4.78 is 0. The number of fused-ring (bicyclic) bond motifs is 1. The molecule has 66 valence electrons. The fourth-order valence-electron chi connectivity index (χ4n) is 1.32. The summed E-state index contributed by atoms with van der Waals surface area (Å²) in [6.07, 6.45) is 0.758. The summed E-state index contributed by atoms with van der Waals surface area (Å²) in [5, 5.41) is 8.28. The molecule has 0 aliphatic rings. The predicted molar refractivity (Wildman–Crippen MR) is 51.2 cm³/mol. The van der Waals surface area contributed by atoms with Crippen LogP contribution in [0.4, 0.5) is 0 Å². The zero-order chi connectivity index (χ0) is 9.42. The Balaban J connectivity index is 2.91. The Labute approximate surface area is 79.7 Å². The fraction of sp³-hybridized carbons (Fsp3) is 0.111. The average molecular weight is 195 g/mol. The molecule has 1 aromatic heterocycles. The number of rotatable bonds is 1. The molecular formula is C9H7ClN2O. The van der Waals surface area contributed by atoms with Crippen LogP contribution in [0.3, 0.4) is 0 Å². The lowest BCUT2D eigenvalue weighted by Crippen LogP contribution is -1.82. The highest BCUT2D eigenvalue weighted by atomic mass is 35.5. The topological polar surface area (TPSA) is 45.8 Å². The molecule has 13 heavy (non-hydrogen) atoms. The lowest BCUT2D eigenvalue weighted by molar-refractivity contribution is 0.112. The molecule has 1 heterocycles. The first-order chi connectivity index (χ1) is 6.22. The molecule has 2 rings (SSSR count). The number of aromatic nitrogens is 2. The maximum absolute atomic E-state index is 10.7. The SMILES string of the molecule is Cc1[nH]nc2c(C=O)cc(Cl)cc12. The Morgan fingerprint density at radius 1 is 1.54 bits per heavy atom. The molecule has 0 saturated carbocycles. The summed E-state index contributed by atoms with van der Waals surface area (Å²) in [5.74, 6) is 0. The maximum atomic E-state index is 10.7. The van der Waals surface area contributed by atoms with Crippen LogP contribution in [-0.4, -0.2) is 16.5 Å². The largest absolute Gasteiger partial charge is 0.298 e. The molecule has 0 atom stereocenters. The van der Waals surface area contributed by atoms with Gasteiger partial charge < -0.3 is 0 Å². The first-order valence-electron chi connectivity index (χ1n) is 3.82. The minimum absolute atomic E-state index is 0.520. The summed E-state index contributed by atoms with van der Waals surface area (Å²) in [6, 6.07) is 3.40. The zero-order valence-electron chi connectivity index (χ0n) is 6.97. The Morgan fingerprint density at radius 2 is 2.31 bits per heavy atom. The minimum atomic E-state index is 0.520. The van der Waals surface area contributed by atoms with Crippen LogP contribution in [-0.2, 0) is 0 Å². The van der Waals surface area contributed by atoms with E-state index in [9.17, 15) is 4.79 Å². The number of carbonyl (C=O) groups excluding carboxylic acids is 1. The van der Waals surface area contributed by atoms with Crippen molar-refractivity contribution in [1.29, 1.82) is 0 Å². The van der Waals surface area contributed by atoms with Crippen LogP contribution in [0.5, 0.6) is 0 Å². The fourth-order valence-corrected chi connectivity index (χ4v) is 1.55. The predicted octanol–water partition coefficient (Wildman–Crippen LogP) is 2.34. The van der Waals surface area contributed by atoms with Gasteiger partial charge in [0.2, 0.25) is 0 Å². The van der Waals surface area contributed by atoms with E-state index in [1.165, 1.54) is 0 Å². The van der Waals surface area contributed by atoms with Crippen molar-refractivity contribution in [2.24, 2.45) is 0 Å². The van der Waals surface area contributed by atoms with Crippen LogP contribution in [0.1, 0.15) is 16.1 Å². The van der Waals surface area contributed by atoms with Gasteiger partial charge >= 0.3 is 0 Å². The monoisotopic (exact) mass is 194 g/mol. The van der Waals surface area contributed by atoms with E-state index in [-0.39, 0.29) is 0 Å². The van der Waals surface area contributed by atoms with E-state index in [4.69, 9.17) is 11.6 Å². The molecule has 4 heteroatoms. The van der Waals surface area contributed by atoms with Crippen molar-refractivity contribution in [3.8, 4) is 0 Å². The lowest BCUT2D eigenvalue weighted by Gasteiger charge is -1.94. The normalized spacial score (nSPS) is 10.6. The first kappa shape index (κ1) is 8.26. The van der Waals surface area contributed by atoms with Crippen LogP contribution in [0, 0.1) is 6.92 Å². The molecule has 1 N–H and O–H groups in total. The van der Waals surface area contributed by atoms with Gasteiger partial charge in [-0.2, -0.15) is 5.10 Å². The third-order valence-electron chi connectivity index (χ3n) is 1.97. The standard InChI is InChI=1S/C9H7ClN2O/c1-5-8-3-7(10)2-6(4-13)9(8)12-11-5/h2-4H,1H3,(H,11,12). The van der Waals surface area contributed by atoms with Gasteiger partial charge in [0, 0.05) is 21.7 Å². The number of hydrogen-bond donors (Lipinski definition) is 1. The molecule has 0 spiro atoms. The molecule has 0 unspecified atom stereocenters. The average Bonchev–Trinajstić information content (AvgIpc) is 2.47. The van der Waals surface area contributed by atoms with E-state index in [0.717, 1.165) is 17.4 Å². The molecule has 0 aliphatic heterocycles. The van der Waals surface area contributed by atoms with Gasteiger partial charge in [-0.1, -0.05) is 11.6 Å². The molecular weight excluding hydrogens is 188 g/mol. The van der Waals surface area contributed by atoms with Crippen molar-refractivity contribution in [2.75, 3.05) is 0 Å². The molecule has 0 saturated heterocycles. The second kappa shape index (κ2) is 2.85. The number of H-pyrrole nitrogens is 1. The number of hydrogen-bond acceptors (Lipinski definition) is 2. The summed E-state index contributed by atoms with van der Waals surface area (Å²) in [4.78, 5) is 10.7. The van der Waals surface area contributed by atoms with Gasteiger partial charge in [0.15, 0.2) is 6.29 Å². The van der Waals surface area contributed by atoms with Crippen LogP contribution in [0.2, 0.25) is 5.02 Å². The Bertz CT molecular complexity index is 476. The highest BCUT2D eigenvalue weighted by Gasteiger charge is 2.07. The van der Waals surface area contributed by atoms with Gasteiger partial charge in [-0.3, -0.25) is 9.89 Å². The third kappa shape index (κ3) is 1.21. The van der Waals surface area contributed by atoms with Crippen LogP contribution in [0.25, 0.3) is 10.9 Å². The molecule has 0 aliphatic carbocycles. The number of nitrogens with zero attached hydrogens (tertiary/aromatic N) is 1. The molecule has 0 radical (unpaired) electrons. The van der Waals surface area contributed by atoms with Gasteiger partial charge in [-0.25, -0.2) is 0 Å². The summed E-state index contributed by atoms with van der Waals surface area (Å²) >= 11 is 5.83. The van der Waals surface area contributed by atoms with Gasteiger partial charge in [-0.15, -0.1) is 0 Å². The van der Waals surface area contributed by atoms with Crippen molar-refractivity contribution in [3.63, 3.8) is 0 Å². The van der Waals surface area contributed by atoms with Crippen LogP contribution in [0.15, 0.2) is 12.1 Å². The summed E-state index contributed by atoms with van der Waals surface area (Å²) in [5.41, 5.74) is 2.12. The second-order valence-corrected chi connectivity index (χ2v) is 3.29. The number of nitrogens with one attached hydrogen (secondary N) is 1. The number of aryl methyl sites for hydroxylation is 1. The molecule has 1 aromatic carbocycles. The van der Waals surface area contributed by atoms with E-state index in [2.05, 4.69) is 10.2 Å². The Kier molecular flexibility index (Phi) is 1.81. The van der Waals surface area contributed by atoms with E-state index >= 15 is 0 Å². The van der Waals surface area contributed by atoms with Gasteiger partial charge in [0.05, 0.1) is 0 Å². The third-order valence-corrected chi connectivity index (χ3v) is 2.19. The number of aromatic amines is 1. The second-order valence-electron chi connectivity index (χ2n) is 2.86. The quantitative estimate of drug-likeness (QED) is 0.709. The minimum Gasteiger partial charge on any atom is -0.298 e. The van der Waals surface area contributed by atoms with Crippen molar-refractivity contribution < 1.29 is 4.79 Å². The van der Waals surface area contributed by atoms with E-state index in [0.29, 0.717) is 16.1 Å². The Morgan fingerprint density at radius 3 is 3.00 bits per heavy atom. The smallest absolute Gasteiger partial charge is 0.152 e. The molecule has 0 amide bonds. The van der Waals surface area contributed by atoms with Crippen molar-refractivity contribution in [3.05, 3.63) is 28.4 Å². The number of halogens is 1. The van der Waals surface area contributed by atoms with Crippen molar-refractivity contribution in [2.45, 2.75) is 6.92 Å². The van der Waals surface area contributed by atoms with E-state index in [1.54, 1.807) is 12.1 Å². The number of aldehydes is 1. The highest BCUT2D eigenvalue weighted by Crippen LogP contribution is 2.23. The molecule has 0 bridgehead atoms. The molecule has 0 fully saturated rings. The summed E-state index contributed by atoms with van der Waals surface area (Å²) in [7, 11) is 0. The van der Waals surface area contributed by atoms with Gasteiger partial charge in [0.25, 0.3) is 0 Å². The van der Waals surface area contributed by atoms with Crippen molar-refractivity contribution in [1.82, 2.24) is 10.2 Å². The van der Waals surface area contributed by atoms with Gasteiger partial charge in [-0.05, 0) is 19.1 Å². The molecule has 3 nitrogen and oxygen atoms in total.